The molecule has 3 rings (SSSR count). The van der Waals surface area contributed by atoms with Gasteiger partial charge in [-0.25, -0.2) is 0 Å². The molecular formula is C26H39NO6Si. The van der Waals surface area contributed by atoms with Crippen molar-refractivity contribution in [3.05, 3.63) is 60.7 Å². The van der Waals surface area contributed by atoms with Gasteiger partial charge in [0, 0.05) is 12.5 Å². The van der Waals surface area contributed by atoms with Crippen molar-refractivity contribution in [2.45, 2.75) is 63.4 Å². The maximum atomic E-state index is 10.8. The van der Waals surface area contributed by atoms with Crippen molar-refractivity contribution in [1.82, 2.24) is 0 Å². The number of benzene rings is 2. The molecule has 0 saturated carbocycles. The van der Waals surface area contributed by atoms with E-state index in [1.165, 1.54) is 0 Å². The predicted molar refractivity (Wildman–Crippen MR) is 134 cm³/mol. The lowest BCUT2D eigenvalue weighted by Crippen LogP contribution is -2.68. The van der Waals surface area contributed by atoms with Gasteiger partial charge in [-0.05, 0) is 15.4 Å². The van der Waals surface area contributed by atoms with Crippen molar-refractivity contribution in [3.8, 4) is 0 Å². The van der Waals surface area contributed by atoms with Gasteiger partial charge in [0.15, 0.2) is 6.29 Å². The van der Waals surface area contributed by atoms with Crippen LogP contribution in [0.5, 0.6) is 0 Å². The summed E-state index contributed by atoms with van der Waals surface area (Å²) in [6.07, 6.45) is -4.61. The highest BCUT2D eigenvalue weighted by Gasteiger charge is 2.52. The van der Waals surface area contributed by atoms with Gasteiger partial charge < -0.3 is 35.0 Å². The van der Waals surface area contributed by atoms with E-state index in [4.69, 9.17) is 19.6 Å². The molecule has 1 aliphatic heterocycles. The first-order chi connectivity index (χ1) is 16.1. The smallest absolute Gasteiger partial charge is 0.261 e. The number of ether oxygens (including phenoxy) is 2. The Morgan fingerprint density at radius 2 is 1.50 bits per heavy atom. The Kier molecular flexibility index (Phi) is 9.05. The molecule has 0 aliphatic carbocycles. The minimum absolute atomic E-state index is 0.0173. The Bertz CT molecular complexity index is 838. The number of aliphatic hydroxyl groups is 3. The number of aliphatic hydroxyl groups excluding tert-OH is 3. The number of hydrogen-bond acceptors (Lipinski definition) is 7. The van der Waals surface area contributed by atoms with E-state index in [-0.39, 0.29) is 24.8 Å². The fourth-order valence-corrected chi connectivity index (χ4v) is 9.21. The van der Waals surface area contributed by atoms with Gasteiger partial charge in [0.2, 0.25) is 0 Å². The molecule has 1 heterocycles. The second kappa shape index (κ2) is 11.4. The molecule has 2 aromatic rings. The normalized spacial score (nSPS) is 26.9. The Hall–Kier alpha value is -1.62. The van der Waals surface area contributed by atoms with Gasteiger partial charge in [0.05, 0.1) is 25.4 Å². The molecule has 5 N–H and O–H groups in total. The quantitative estimate of drug-likeness (QED) is 0.388. The molecule has 2 aromatic carbocycles. The monoisotopic (exact) mass is 489 g/mol. The summed E-state index contributed by atoms with van der Waals surface area (Å²) in [4.78, 5) is 0. The fraction of sp³-hybridized carbons (Fsp3) is 0.538. The van der Waals surface area contributed by atoms with E-state index in [9.17, 15) is 15.3 Å². The van der Waals surface area contributed by atoms with Crippen molar-refractivity contribution in [1.29, 1.82) is 0 Å². The Balaban J connectivity index is 1.91. The Morgan fingerprint density at radius 3 is 1.97 bits per heavy atom. The number of nitrogens with two attached hydrogens (primary N) is 1. The van der Waals surface area contributed by atoms with Crippen LogP contribution >= 0.6 is 0 Å². The second-order valence-electron chi connectivity index (χ2n) is 10.1. The van der Waals surface area contributed by atoms with E-state index in [1.54, 1.807) is 6.92 Å². The zero-order chi connectivity index (χ0) is 24.9. The summed E-state index contributed by atoms with van der Waals surface area (Å²) in [7, 11) is -2.84. The van der Waals surface area contributed by atoms with Gasteiger partial charge in [-0.15, -0.1) is 0 Å². The molecule has 0 spiro atoms. The van der Waals surface area contributed by atoms with Crippen LogP contribution in [-0.2, 0) is 13.9 Å². The van der Waals surface area contributed by atoms with Crippen molar-refractivity contribution in [2.24, 2.45) is 11.7 Å². The highest BCUT2D eigenvalue weighted by Crippen LogP contribution is 2.37. The maximum Gasteiger partial charge on any atom is 0.261 e. The van der Waals surface area contributed by atoms with Crippen LogP contribution in [0.3, 0.4) is 0 Å². The highest BCUT2D eigenvalue weighted by atomic mass is 28.4. The topological polar surface area (TPSA) is 114 Å². The third kappa shape index (κ3) is 5.61. The van der Waals surface area contributed by atoms with Crippen LogP contribution < -0.4 is 16.1 Å². The van der Waals surface area contributed by atoms with Crippen LogP contribution in [0.4, 0.5) is 0 Å². The van der Waals surface area contributed by atoms with Crippen LogP contribution in [-0.4, -0.2) is 74.1 Å². The molecule has 7 nitrogen and oxygen atoms in total. The predicted octanol–water partition coefficient (Wildman–Crippen LogP) is 0.982. The molecule has 1 aliphatic rings. The van der Waals surface area contributed by atoms with Gasteiger partial charge in [0.25, 0.3) is 8.32 Å². The standard InChI is InChI=1S/C26H39NO6Si/c1-18-23(29)24(30)22(33-25(18)31-16-19(28)15-27)17-32-34(26(2,3)4,20-11-7-5-8-12-20)21-13-9-6-10-14-21/h5-14,18-19,22-25,28-30H,15-17,27H2,1-4H3. The van der Waals surface area contributed by atoms with Crippen LogP contribution in [0.15, 0.2) is 60.7 Å². The van der Waals surface area contributed by atoms with Crippen molar-refractivity contribution >= 4 is 18.7 Å². The molecular weight excluding hydrogens is 450 g/mol. The average Bonchev–Trinajstić information content (AvgIpc) is 2.83. The van der Waals surface area contributed by atoms with Crippen molar-refractivity contribution < 1.29 is 29.2 Å². The van der Waals surface area contributed by atoms with E-state index in [2.05, 4.69) is 45.0 Å². The molecule has 6 atom stereocenters. The van der Waals surface area contributed by atoms with Crippen LogP contribution in [0, 0.1) is 5.92 Å². The molecule has 1 fully saturated rings. The first kappa shape index (κ1) is 27.0. The van der Waals surface area contributed by atoms with Gasteiger partial charge in [-0.2, -0.15) is 0 Å². The zero-order valence-corrected chi connectivity index (χ0v) is 21.5. The summed E-state index contributed by atoms with van der Waals surface area (Å²) in [6, 6.07) is 20.4. The average molecular weight is 490 g/mol. The van der Waals surface area contributed by atoms with Gasteiger partial charge in [0.1, 0.15) is 12.2 Å². The van der Waals surface area contributed by atoms with Crippen molar-refractivity contribution in [2.75, 3.05) is 19.8 Å². The summed E-state index contributed by atoms with van der Waals surface area (Å²) in [5.74, 6) is -0.482. The summed E-state index contributed by atoms with van der Waals surface area (Å²) in [5, 5.41) is 33.3. The number of hydrogen-bond donors (Lipinski definition) is 4. The summed E-state index contributed by atoms with van der Waals surface area (Å²) < 4.78 is 18.6. The first-order valence-corrected chi connectivity index (χ1v) is 13.8. The molecule has 0 radical (unpaired) electrons. The SMILES string of the molecule is CC1C(OCC(O)CN)OC(CO[Si](c2ccccc2)(c2ccccc2)C(C)(C)C)C(O)C1O. The number of rotatable bonds is 9. The van der Waals surface area contributed by atoms with Gasteiger partial charge in [-0.3, -0.25) is 0 Å². The van der Waals surface area contributed by atoms with E-state index in [0.717, 1.165) is 10.4 Å². The van der Waals surface area contributed by atoms with Crippen LogP contribution in [0.25, 0.3) is 0 Å². The summed E-state index contributed by atoms with van der Waals surface area (Å²) in [6.45, 7) is 8.39. The minimum atomic E-state index is -2.84. The van der Waals surface area contributed by atoms with E-state index >= 15 is 0 Å². The Morgan fingerprint density at radius 1 is 0.971 bits per heavy atom. The molecule has 1 saturated heterocycles. The van der Waals surface area contributed by atoms with E-state index in [1.807, 2.05) is 36.4 Å². The highest BCUT2D eigenvalue weighted by molar-refractivity contribution is 6.99. The largest absolute Gasteiger partial charge is 0.405 e. The lowest BCUT2D eigenvalue weighted by atomic mass is 9.92. The van der Waals surface area contributed by atoms with Crippen LogP contribution in [0.1, 0.15) is 27.7 Å². The molecule has 8 heteroatoms. The lowest BCUT2D eigenvalue weighted by Gasteiger charge is -2.46. The fourth-order valence-electron chi connectivity index (χ4n) is 4.64. The van der Waals surface area contributed by atoms with E-state index in [0.29, 0.717) is 0 Å². The third-order valence-electron chi connectivity index (χ3n) is 6.61. The molecule has 6 unspecified atom stereocenters. The molecule has 188 valence electrons. The maximum absolute atomic E-state index is 10.8. The third-order valence-corrected chi connectivity index (χ3v) is 11.6. The van der Waals surface area contributed by atoms with Gasteiger partial charge >= 0.3 is 0 Å². The summed E-state index contributed by atoms with van der Waals surface area (Å²) in [5.41, 5.74) is 5.47. The molecule has 0 aromatic heterocycles. The second-order valence-corrected chi connectivity index (χ2v) is 14.4. The van der Waals surface area contributed by atoms with E-state index < -0.39 is 44.9 Å². The minimum Gasteiger partial charge on any atom is -0.405 e. The zero-order valence-electron chi connectivity index (χ0n) is 20.5. The van der Waals surface area contributed by atoms with Gasteiger partial charge in [-0.1, -0.05) is 88.4 Å². The lowest BCUT2D eigenvalue weighted by molar-refractivity contribution is -0.285. The van der Waals surface area contributed by atoms with Crippen LogP contribution in [0.2, 0.25) is 5.04 Å². The molecule has 34 heavy (non-hydrogen) atoms. The first-order valence-electron chi connectivity index (χ1n) is 11.9. The summed E-state index contributed by atoms with van der Waals surface area (Å²) >= 11 is 0. The molecule has 0 bridgehead atoms. The molecule has 0 amide bonds. The Labute approximate surface area is 203 Å². The van der Waals surface area contributed by atoms with Crippen molar-refractivity contribution in [3.63, 3.8) is 0 Å².